The molecule has 0 radical (unpaired) electrons. The van der Waals surface area contributed by atoms with Gasteiger partial charge in [0.1, 0.15) is 6.04 Å². The first kappa shape index (κ1) is 14.1. The number of piperazine rings is 1. The Kier molecular flexibility index (Phi) is 4.24. The molecule has 0 bridgehead atoms. The second-order valence-electron chi connectivity index (χ2n) is 4.63. The van der Waals surface area contributed by atoms with Crippen LogP contribution in [0.3, 0.4) is 0 Å². The van der Waals surface area contributed by atoms with Gasteiger partial charge in [-0.2, -0.15) is 0 Å². The minimum absolute atomic E-state index is 0.0604. The van der Waals surface area contributed by atoms with Crippen molar-refractivity contribution in [3.8, 4) is 0 Å². The van der Waals surface area contributed by atoms with E-state index in [0.29, 0.717) is 25.1 Å². The van der Waals surface area contributed by atoms with E-state index in [-0.39, 0.29) is 17.9 Å². The summed E-state index contributed by atoms with van der Waals surface area (Å²) in [7, 11) is 0. The summed E-state index contributed by atoms with van der Waals surface area (Å²) in [6.45, 7) is 4.91. The summed E-state index contributed by atoms with van der Waals surface area (Å²) < 4.78 is 0.910. The number of benzene rings is 1. The molecule has 1 aromatic rings. The molecule has 0 aromatic heterocycles. The first-order valence-electron chi connectivity index (χ1n) is 6.40. The summed E-state index contributed by atoms with van der Waals surface area (Å²) in [5.74, 6) is -0.129. The Labute approximate surface area is 121 Å². The number of carbonyl (C=O) groups is 2. The van der Waals surface area contributed by atoms with Crippen molar-refractivity contribution < 1.29 is 9.59 Å². The van der Waals surface area contributed by atoms with Crippen LogP contribution in [0.2, 0.25) is 0 Å². The van der Waals surface area contributed by atoms with Gasteiger partial charge in [-0.05, 0) is 31.0 Å². The molecular formula is C14H17BrN2O2. The SMILES string of the molecule is CCC1C(=O)NCCN1C(=O)c1cccc(Br)c1C. The maximum absolute atomic E-state index is 12.6. The van der Waals surface area contributed by atoms with Crippen molar-refractivity contribution in [3.63, 3.8) is 0 Å². The first-order valence-corrected chi connectivity index (χ1v) is 7.19. The zero-order valence-corrected chi connectivity index (χ0v) is 12.7. The monoisotopic (exact) mass is 324 g/mol. The fourth-order valence-electron chi connectivity index (χ4n) is 2.36. The number of halogens is 1. The molecule has 1 heterocycles. The summed E-state index contributed by atoms with van der Waals surface area (Å²) >= 11 is 3.43. The predicted octanol–water partition coefficient (Wildman–Crippen LogP) is 2.11. The van der Waals surface area contributed by atoms with E-state index in [2.05, 4.69) is 21.2 Å². The number of hydrogen-bond acceptors (Lipinski definition) is 2. The summed E-state index contributed by atoms with van der Waals surface area (Å²) in [5, 5.41) is 2.80. The molecule has 1 unspecified atom stereocenters. The van der Waals surface area contributed by atoms with Gasteiger partial charge in [0, 0.05) is 23.1 Å². The number of rotatable bonds is 2. The summed E-state index contributed by atoms with van der Waals surface area (Å²) in [6, 6.07) is 5.20. The van der Waals surface area contributed by atoms with Gasteiger partial charge in [0.15, 0.2) is 0 Å². The molecule has 102 valence electrons. The van der Waals surface area contributed by atoms with Crippen molar-refractivity contribution in [1.29, 1.82) is 0 Å². The lowest BCUT2D eigenvalue weighted by Crippen LogP contribution is -2.57. The van der Waals surface area contributed by atoms with E-state index in [4.69, 9.17) is 0 Å². The minimum Gasteiger partial charge on any atom is -0.353 e. The molecule has 4 nitrogen and oxygen atoms in total. The highest BCUT2D eigenvalue weighted by Crippen LogP contribution is 2.22. The van der Waals surface area contributed by atoms with Gasteiger partial charge >= 0.3 is 0 Å². The molecule has 1 fully saturated rings. The Balaban J connectivity index is 2.32. The fraction of sp³-hybridized carbons (Fsp3) is 0.429. The average Bonchev–Trinajstić information content (AvgIpc) is 2.41. The smallest absolute Gasteiger partial charge is 0.254 e. The van der Waals surface area contributed by atoms with Crippen LogP contribution >= 0.6 is 15.9 Å². The molecule has 0 aliphatic carbocycles. The van der Waals surface area contributed by atoms with Crippen molar-refractivity contribution >= 4 is 27.7 Å². The van der Waals surface area contributed by atoms with Crippen LogP contribution in [-0.4, -0.2) is 35.8 Å². The Hall–Kier alpha value is -1.36. The van der Waals surface area contributed by atoms with Gasteiger partial charge in [-0.1, -0.05) is 28.9 Å². The van der Waals surface area contributed by atoms with E-state index in [1.54, 1.807) is 4.90 Å². The van der Waals surface area contributed by atoms with Crippen LogP contribution in [0.15, 0.2) is 22.7 Å². The van der Waals surface area contributed by atoms with E-state index in [0.717, 1.165) is 10.0 Å². The van der Waals surface area contributed by atoms with Crippen LogP contribution in [0.4, 0.5) is 0 Å². The number of nitrogens with one attached hydrogen (secondary N) is 1. The summed E-state index contributed by atoms with van der Waals surface area (Å²) in [4.78, 5) is 26.1. The zero-order valence-electron chi connectivity index (χ0n) is 11.1. The van der Waals surface area contributed by atoms with E-state index in [1.165, 1.54) is 0 Å². The minimum atomic E-state index is -0.361. The van der Waals surface area contributed by atoms with Crippen molar-refractivity contribution in [3.05, 3.63) is 33.8 Å². The summed E-state index contributed by atoms with van der Waals surface area (Å²) in [5.41, 5.74) is 1.57. The lowest BCUT2D eigenvalue weighted by Gasteiger charge is -2.34. The van der Waals surface area contributed by atoms with Crippen LogP contribution in [0.5, 0.6) is 0 Å². The van der Waals surface area contributed by atoms with Crippen LogP contribution in [-0.2, 0) is 4.79 Å². The number of nitrogens with zero attached hydrogens (tertiary/aromatic N) is 1. The second kappa shape index (κ2) is 5.74. The van der Waals surface area contributed by atoms with Crippen LogP contribution in [0.1, 0.15) is 29.3 Å². The topological polar surface area (TPSA) is 49.4 Å². The van der Waals surface area contributed by atoms with Gasteiger partial charge in [-0.15, -0.1) is 0 Å². The third-order valence-corrected chi connectivity index (χ3v) is 4.34. The zero-order chi connectivity index (χ0) is 14.0. The largest absolute Gasteiger partial charge is 0.353 e. The van der Waals surface area contributed by atoms with Gasteiger partial charge in [0.2, 0.25) is 5.91 Å². The van der Waals surface area contributed by atoms with Crippen molar-refractivity contribution in [1.82, 2.24) is 10.2 Å². The molecule has 5 heteroatoms. The molecule has 2 rings (SSSR count). The normalized spacial score (nSPS) is 19.2. The van der Waals surface area contributed by atoms with Gasteiger partial charge < -0.3 is 10.2 Å². The molecule has 1 aliphatic rings. The molecule has 1 saturated heterocycles. The highest BCUT2D eigenvalue weighted by atomic mass is 79.9. The van der Waals surface area contributed by atoms with Gasteiger partial charge in [0.05, 0.1) is 0 Å². The van der Waals surface area contributed by atoms with Crippen molar-refractivity contribution in [2.45, 2.75) is 26.3 Å². The number of carbonyl (C=O) groups excluding carboxylic acids is 2. The average molecular weight is 325 g/mol. The Morgan fingerprint density at radius 3 is 2.95 bits per heavy atom. The van der Waals surface area contributed by atoms with E-state index in [9.17, 15) is 9.59 Å². The molecule has 0 saturated carbocycles. The Bertz CT molecular complexity index is 516. The number of hydrogen-bond donors (Lipinski definition) is 1. The third kappa shape index (κ3) is 2.66. The lowest BCUT2D eigenvalue weighted by molar-refractivity contribution is -0.127. The van der Waals surface area contributed by atoms with E-state index in [1.807, 2.05) is 32.0 Å². The Morgan fingerprint density at radius 2 is 2.26 bits per heavy atom. The van der Waals surface area contributed by atoms with E-state index < -0.39 is 0 Å². The lowest BCUT2D eigenvalue weighted by atomic mass is 10.0. The molecule has 1 aliphatic heterocycles. The Morgan fingerprint density at radius 1 is 1.53 bits per heavy atom. The maximum Gasteiger partial charge on any atom is 0.254 e. The van der Waals surface area contributed by atoms with Crippen LogP contribution < -0.4 is 5.32 Å². The van der Waals surface area contributed by atoms with Crippen molar-refractivity contribution in [2.75, 3.05) is 13.1 Å². The fourth-order valence-corrected chi connectivity index (χ4v) is 2.72. The highest BCUT2D eigenvalue weighted by Gasteiger charge is 2.32. The van der Waals surface area contributed by atoms with E-state index >= 15 is 0 Å². The predicted molar refractivity (Wildman–Crippen MR) is 77.0 cm³/mol. The highest BCUT2D eigenvalue weighted by molar-refractivity contribution is 9.10. The molecule has 2 amide bonds. The first-order chi connectivity index (χ1) is 9.06. The maximum atomic E-state index is 12.6. The molecule has 1 N–H and O–H groups in total. The molecule has 0 spiro atoms. The molecule has 19 heavy (non-hydrogen) atoms. The van der Waals surface area contributed by atoms with Gasteiger partial charge in [0.25, 0.3) is 5.91 Å². The third-order valence-electron chi connectivity index (χ3n) is 3.48. The second-order valence-corrected chi connectivity index (χ2v) is 5.48. The summed E-state index contributed by atoms with van der Waals surface area (Å²) in [6.07, 6.45) is 0.630. The molecule has 1 aromatic carbocycles. The molecular weight excluding hydrogens is 308 g/mol. The number of amides is 2. The standard InChI is InChI=1S/C14H17BrN2O2/c1-3-12-13(18)16-7-8-17(12)14(19)10-5-4-6-11(15)9(10)2/h4-6,12H,3,7-8H2,1-2H3,(H,16,18). The molecule has 1 atom stereocenters. The quantitative estimate of drug-likeness (QED) is 0.905. The van der Waals surface area contributed by atoms with Crippen LogP contribution in [0.25, 0.3) is 0 Å². The van der Waals surface area contributed by atoms with Gasteiger partial charge in [-0.25, -0.2) is 0 Å². The van der Waals surface area contributed by atoms with Gasteiger partial charge in [-0.3, -0.25) is 9.59 Å². The van der Waals surface area contributed by atoms with Crippen LogP contribution in [0, 0.1) is 6.92 Å². The van der Waals surface area contributed by atoms with Crippen molar-refractivity contribution in [2.24, 2.45) is 0 Å².